The molecule has 0 saturated carbocycles. The molecule has 0 aliphatic heterocycles. The molecule has 1 aromatic rings. The van der Waals surface area contributed by atoms with Gasteiger partial charge in [0.2, 0.25) is 5.91 Å². The van der Waals surface area contributed by atoms with Gasteiger partial charge in [0, 0.05) is 18.8 Å². The molecule has 0 fully saturated rings. The van der Waals surface area contributed by atoms with Gasteiger partial charge in [-0.05, 0) is 43.5 Å². The van der Waals surface area contributed by atoms with E-state index in [1.54, 1.807) is 12.4 Å². The number of amides is 1. The molecule has 4 heteroatoms. The molecule has 0 aliphatic rings. The van der Waals surface area contributed by atoms with E-state index in [9.17, 15) is 4.79 Å². The van der Waals surface area contributed by atoms with E-state index in [1.165, 1.54) is 0 Å². The maximum absolute atomic E-state index is 11.9. The largest absolute Gasteiger partial charge is 0.349 e. The van der Waals surface area contributed by atoms with E-state index in [1.807, 2.05) is 12.1 Å². The van der Waals surface area contributed by atoms with Crippen molar-refractivity contribution < 1.29 is 4.79 Å². The van der Waals surface area contributed by atoms with E-state index < -0.39 is 0 Å². The molecule has 1 atom stereocenters. The van der Waals surface area contributed by atoms with Gasteiger partial charge in [0.25, 0.3) is 0 Å². The summed E-state index contributed by atoms with van der Waals surface area (Å²) in [5, 5.41) is 3.08. The summed E-state index contributed by atoms with van der Waals surface area (Å²) in [6.45, 7) is 2.82. The minimum absolute atomic E-state index is 0.0968. The van der Waals surface area contributed by atoms with Crippen LogP contribution < -0.4 is 11.1 Å². The van der Waals surface area contributed by atoms with Crippen LogP contribution in [0.3, 0.4) is 0 Å². The third-order valence-electron chi connectivity index (χ3n) is 3.21. The smallest absolute Gasteiger partial charge is 0.220 e. The van der Waals surface area contributed by atoms with Crippen LogP contribution in [0.5, 0.6) is 0 Å². The summed E-state index contributed by atoms with van der Waals surface area (Å²) in [5.41, 5.74) is 6.55. The number of hydrogen-bond acceptors (Lipinski definition) is 3. The Hall–Kier alpha value is -1.42. The van der Waals surface area contributed by atoms with E-state index in [4.69, 9.17) is 5.73 Å². The second kappa shape index (κ2) is 9.50. The second-order valence-corrected chi connectivity index (χ2v) is 4.76. The number of hydrogen-bond donors (Lipinski definition) is 2. The first-order valence-corrected chi connectivity index (χ1v) is 7.17. The summed E-state index contributed by atoms with van der Waals surface area (Å²) >= 11 is 0. The van der Waals surface area contributed by atoms with E-state index in [0.717, 1.165) is 44.2 Å². The van der Waals surface area contributed by atoms with Gasteiger partial charge in [0.15, 0.2) is 0 Å². The summed E-state index contributed by atoms with van der Waals surface area (Å²) in [6, 6.07) is 4.00. The monoisotopic (exact) mass is 263 g/mol. The highest BCUT2D eigenvalue weighted by molar-refractivity contribution is 5.76. The van der Waals surface area contributed by atoms with Gasteiger partial charge in [-0.2, -0.15) is 0 Å². The average molecular weight is 263 g/mol. The van der Waals surface area contributed by atoms with Crippen LogP contribution in [-0.2, 0) is 4.79 Å². The Bertz CT molecular complexity index is 354. The first kappa shape index (κ1) is 15.6. The molecule has 0 aliphatic carbocycles. The Morgan fingerprint density at radius 1 is 1.26 bits per heavy atom. The van der Waals surface area contributed by atoms with Crippen molar-refractivity contribution in [2.45, 2.75) is 51.5 Å². The first-order valence-electron chi connectivity index (χ1n) is 7.17. The fourth-order valence-electron chi connectivity index (χ4n) is 2.07. The molecule has 106 valence electrons. The highest BCUT2D eigenvalue weighted by Crippen LogP contribution is 2.15. The molecule has 3 N–H and O–H groups in total. The Morgan fingerprint density at radius 2 is 1.95 bits per heavy atom. The van der Waals surface area contributed by atoms with E-state index >= 15 is 0 Å². The lowest BCUT2D eigenvalue weighted by Crippen LogP contribution is -2.27. The number of carbonyl (C=O) groups is 1. The third-order valence-corrected chi connectivity index (χ3v) is 3.21. The second-order valence-electron chi connectivity index (χ2n) is 4.76. The number of nitrogens with zero attached hydrogens (tertiary/aromatic N) is 1. The summed E-state index contributed by atoms with van der Waals surface area (Å²) in [4.78, 5) is 15.9. The van der Waals surface area contributed by atoms with Crippen molar-refractivity contribution in [3.8, 4) is 0 Å². The number of nitrogens with one attached hydrogen (secondary N) is 1. The van der Waals surface area contributed by atoms with Crippen LogP contribution in [-0.4, -0.2) is 17.4 Å². The molecule has 19 heavy (non-hydrogen) atoms. The minimum Gasteiger partial charge on any atom is -0.349 e. The lowest BCUT2D eigenvalue weighted by atomic mass is 10.1. The van der Waals surface area contributed by atoms with Crippen LogP contribution in [0.4, 0.5) is 0 Å². The van der Waals surface area contributed by atoms with Crippen molar-refractivity contribution in [2.75, 3.05) is 6.54 Å². The van der Waals surface area contributed by atoms with Gasteiger partial charge in [-0.1, -0.05) is 19.8 Å². The zero-order chi connectivity index (χ0) is 13.9. The number of aromatic nitrogens is 1. The highest BCUT2D eigenvalue weighted by Gasteiger charge is 2.11. The predicted octanol–water partition coefficient (Wildman–Crippen LogP) is 2.56. The molecule has 1 heterocycles. The summed E-state index contributed by atoms with van der Waals surface area (Å²) in [5.74, 6) is 0.136. The number of unbranched alkanes of at least 4 members (excludes halogenated alkanes) is 3. The van der Waals surface area contributed by atoms with Gasteiger partial charge in [-0.3, -0.25) is 9.78 Å². The topological polar surface area (TPSA) is 68.0 Å². The summed E-state index contributed by atoms with van der Waals surface area (Å²) in [6.07, 6.45) is 9.21. The van der Waals surface area contributed by atoms with Crippen LogP contribution in [0.15, 0.2) is 24.5 Å². The van der Waals surface area contributed by atoms with Crippen molar-refractivity contribution >= 4 is 5.91 Å². The Kier molecular flexibility index (Phi) is 7.82. The van der Waals surface area contributed by atoms with Crippen LogP contribution in [0, 0.1) is 0 Å². The lowest BCUT2D eigenvalue weighted by Gasteiger charge is -2.17. The molecule has 0 bridgehead atoms. The van der Waals surface area contributed by atoms with Gasteiger partial charge < -0.3 is 11.1 Å². The Labute approximate surface area is 115 Å². The molecule has 0 spiro atoms. The molecule has 0 saturated heterocycles. The number of pyridine rings is 1. The van der Waals surface area contributed by atoms with Crippen LogP contribution in [0.25, 0.3) is 0 Å². The number of carbonyl (C=O) groups excluding carboxylic acids is 1. The van der Waals surface area contributed by atoms with Gasteiger partial charge in [0.05, 0.1) is 6.04 Å². The quantitative estimate of drug-likeness (QED) is 0.673. The molecule has 0 aromatic carbocycles. The van der Waals surface area contributed by atoms with Crippen LogP contribution >= 0.6 is 0 Å². The van der Waals surface area contributed by atoms with Crippen LogP contribution in [0.2, 0.25) is 0 Å². The molecule has 1 amide bonds. The molecule has 4 nitrogen and oxygen atoms in total. The molecule has 1 rings (SSSR count). The highest BCUT2D eigenvalue weighted by atomic mass is 16.1. The minimum atomic E-state index is 0.0968. The molecule has 1 aromatic heterocycles. The number of rotatable bonds is 9. The van der Waals surface area contributed by atoms with E-state index in [-0.39, 0.29) is 11.9 Å². The van der Waals surface area contributed by atoms with Gasteiger partial charge in [0.1, 0.15) is 0 Å². The third kappa shape index (κ3) is 6.34. The predicted molar refractivity (Wildman–Crippen MR) is 77.6 cm³/mol. The van der Waals surface area contributed by atoms with Crippen molar-refractivity contribution in [1.82, 2.24) is 10.3 Å². The molecule has 0 radical (unpaired) electrons. The zero-order valence-corrected chi connectivity index (χ0v) is 11.8. The standard InChI is InChI=1S/C15H25N3O/c1-2-14(13-8-11-17-12-9-13)18-15(19)7-5-3-4-6-10-16/h8-9,11-12,14H,2-7,10,16H2,1H3,(H,18,19). The lowest BCUT2D eigenvalue weighted by molar-refractivity contribution is -0.122. The van der Waals surface area contributed by atoms with Gasteiger partial charge in [-0.25, -0.2) is 0 Å². The summed E-state index contributed by atoms with van der Waals surface area (Å²) in [7, 11) is 0. The zero-order valence-electron chi connectivity index (χ0n) is 11.8. The van der Waals surface area contributed by atoms with Crippen molar-refractivity contribution in [3.05, 3.63) is 30.1 Å². The fourth-order valence-corrected chi connectivity index (χ4v) is 2.07. The van der Waals surface area contributed by atoms with E-state index in [2.05, 4.69) is 17.2 Å². The van der Waals surface area contributed by atoms with Gasteiger partial charge in [-0.15, -0.1) is 0 Å². The van der Waals surface area contributed by atoms with Crippen molar-refractivity contribution in [1.29, 1.82) is 0 Å². The fraction of sp³-hybridized carbons (Fsp3) is 0.600. The molecule has 1 unspecified atom stereocenters. The average Bonchev–Trinajstić information content (AvgIpc) is 2.45. The maximum Gasteiger partial charge on any atom is 0.220 e. The Balaban J connectivity index is 2.30. The summed E-state index contributed by atoms with van der Waals surface area (Å²) < 4.78 is 0. The number of nitrogens with two attached hydrogens (primary N) is 1. The molecular weight excluding hydrogens is 238 g/mol. The Morgan fingerprint density at radius 3 is 2.58 bits per heavy atom. The maximum atomic E-state index is 11.9. The van der Waals surface area contributed by atoms with Crippen molar-refractivity contribution in [3.63, 3.8) is 0 Å². The first-order chi connectivity index (χ1) is 9.27. The van der Waals surface area contributed by atoms with E-state index in [0.29, 0.717) is 6.42 Å². The normalized spacial score (nSPS) is 12.1. The van der Waals surface area contributed by atoms with Crippen molar-refractivity contribution in [2.24, 2.45) is 5.73 Å². The molecular formula is C15H25N3O. The SMILES string of the molecule is CCC(NC(=O)CCCCCCN)c1ccncc1. The van der Waals surface area contributed by atoms with Crippen LogP contribution in [0.1, 0.15) is 57.1 Å². The van der Waals surface area contributed by atoms with Gasteiger partial charge >= 0.3 is 0 Å².